The predicted octanol–water partition coefficient (Wildman–Crippen LogP) is 3.47. The molecular formula is C28H47N5O9S. The molecule has 0 saturated heterocycles. The number of likely N-dealkylation sites (N-methyl/N-ethyl adjacent to an activating group) is 1. The Bertz CT molecular complexity index is 1300. The molecule has 0 spiro atoms. The van der Waals surface area contributed by atoms with Gasteiger partial charge in [0.2, 0.25) is 5.96 Å². The highest BCUT2D eigenvalue weighted by molar-refractivity contribution is 7.90. The molecule has 0 aliphatic rings. The summed E-state index contributed by atoms with van der Waals surface area (Å²) in [5, 5.41) is 5.86. The van der Waals surface area contributed by atoms with Crippen LogP contribution in [0.2, 0.25) is 0 Å². The van der Waals surface area contributed by atoms with Crippen molar-refractivity contribution in [1.82, 2.24) is 20.4 Å². The Hall–Kier alpha value is -3.59. The molecule has 0 aliphatic carbocycles. The van der Waals surface area contributed by atoms with Crippen LogP contribution in [0, 0.1) is 20.8 Å². The fourth-order valence-electron chi connectivity index (χ4n) is 3.83. The second kappa shape index (κ2) is 15.2. The van der Waals surface area contributed by atoms with Crippen molar-refractivity contribution in [3.63, 3.8) is 0 Å². The van der Waals surface area contributed by atoms with E-state index in [1.54, 1.807) is 68.4 Å². The van der Waals surface area contributed by atoms with Gasteiger partial charge in [0.1, 0.15) is 23.0 Å². The highest BCUT2D eigenvalue weighted by Crippen LogP contribution is 2.30. The van der Waals surface area contributed by atoms with Crippen LogP contribution in [-0.2, 0) is 29.1 Å². The quantitative estimate of drug-likeness (QED) is 0.152. The molecule has 43 heavy (non-hydrogen) atoms. The van der Waals surface area contributed by atoms with E-state index in [4.69, 9.17) is 19.0 Å². The van der Waals surface area contributed by atoms with Gasteiger partial charge in [-0.2, -0.15) is 0 Å². The van der Waals surface area contributed by atoms with E-state index in [0.29, 0.717) is 22.4 Å². The number of hydroxylamine groups is 2. The summed E-state index contributed by atoms with van der Waals surface area (Å²) in [7, 11) is -0.0300. The van der Waals surface area contributed by atoms with Crippen molar-refractivity contribution < 1.29 is 41.8 Å². The minimum absolute atomic E-state index is 0.0133. The lowest BCUT2D eigenvalue weighted by atomic mass is 10.1. The van der Waals surface area contributed by atoms with E-state index in [2.05, 4.69) is 20.3 Å². The lowest BCUT2D eigenvalue weighted by Gasteiger charge is -2.25. The molecule has 1 atom stereocenters. The summed E-state index contributed by atoms with van der Waals surface area (Å²) in [4.78, 5) is 46.9. The Morgan fingerprint density at radius 3 is 2.02 bits per heavy atom. The summed E-state index contributed by atoms with van der Waals surface area (Å²) < 4.78 is 45.3. The number of nitrogens with zero attached hydrogens (tertiary/aromatic N) is 2. The van der Waals surface area contributed by atoms with Gasteiger partial charge in [0.15, 0.2) is 0 Å². The van der Waals surface area contributed by atoms with E-state index in [9.17, 15) is 22.8 Å². The molecule has 14 nitrogen and oxygen atoms in total. The number of nitrogens with one attached hydrogen (secondary N) is 3. The molecule has 15 heteroatoms. The molecule has 3 amide bonds. The molecule has 1 rings (SSSR count). The number of hydrogen-bond acceptors (Lipinski definition) is 10. The van der Waals surface area contributed by atoms with Crippen LogP contribution in [0.3, 0.4) is 0 Å². The van der Waals surface area contributed by atoms with Gasteiger partial charge < -0.3 is 19.5 Å². The maximum absolute atomic E-state index is 13.5. The maximum atomic E-state index is 13.5. The third-order valence-electron chi connectivity index (χ3n) is 5.81. The van der Waals surface area contributed by atoms with Crippen molar-refractivity contribution in [3.05, 3.63) is 22.8 Å². The summed E-state index contributed by atoms with van der Waals surface area (Å²) in [5.74, 6) is -0.373. The Morgan fingerprint density at radius 2 is 1.51 bits per heavy atom. The van der Waals surface area contributed by atoms with Crippen LogP contribution < -0.4 is 20.1 Å². The first-order valence-electron chi connectivity index (χ1n) is 13.6. The number of aryl methyl sites for hydroxylation is 1. The number of hydrogen-bond donors (Lipinski definition) is 3. The van der Waals surface area contributed by atoms with E-state index >= 15 is 0 Å². The molecule has 0 aliphatic heterocycles. The van der Waals surface area contributed by atoms with Crippen LogP contribution in [-0.4, -0.2) is 82.6 Å². The molecule has 1 aromatic carbocycles. The van der Waals surface area contributed by atoms with Gasteiger partial charge in [-0.3, -0.25) is 19.9 Å². The minimum Gasteiger partial charge on any atom is -0.496 e. The number of rotatable bonds is 10. The largest absolute Gasteiger partial charge is 0.496 e. The van der Waals surface area contributed by atoms with Crippen molar-refractivity contribution in [1.29, 1.82) is 0 Å². The van der Waals surface area contributed by atoms with Gasteiger partial charge in [0, 0.05) is 13.6 Å². The Morgan fingerprint density at radius 1 is 0.953 bits per heavy atom. The molecule has 0 radical (unpaired) electrons. The molecular weight excluding hydrogens is 582 g/mol. The lowest BCUT2D eigenvalue weighted by Crippen LogP contribution is -2.48. The second-order valence-corrected chi connectivity index (χ2v) is 13.4. The molecule has 1 aromatic rings. The molecule has 0 saturated carbocycles. The van der Waals surface area contributed by atoms with Crippen LogP contribution in [0.1, 0.15) is 71.1 Å². The van der Waals surface area contributed by atoms with Gasteiger partial charge in [-0.25, -0.2) is 27.8 Å². The van der Waals surface area contributed by atoms with Crippen molar-refractivity contribution in [2.75, 3.05) is 27.8 Å². The van der Waals surface area contributed by atoms with Crippen LogP contribution in [0.25, 0.3) is 0 Å². The number of carbonyl (C=O) groups excluding carboxylic acids is 3. The number of sulfonamides is 1. The van der Waals surface area contributed by atoms with Crippen molar-refractivity contribution in [2.24, 2.45) is 4.99 Å². The van der Waals surface area contributed by atoms with Gasteiger partial charge >= 0.3 is 12.2 Å². The van der Waals surface area contributed by atoms with Gasteiger partial charge in [-0.05, 0) is 97.9 Å². The monoisotopic (exact) mass is 629 g/mol. The summed E-state index contributed by atoms with van der Waals surface area (Å²) >= 11 is 0. The van der Waals surface area contributed by atoms with Crippen molar-refractivity contribution in [2.45, 2.75) is 97.3 Å². The number of amides is 3. The number of methoxy groups -OCH3 is 1. The van der Waals surface area contributed by atoms with E-state index in [1.165, 1.54) is 21.3 Å². The van der Waals surface area contributed by atoms with Crippen LogP contribution >= 0.6 is 0 Å². The van der Waals surface area contributed by atoms with E-state index in [1.807, 2.05) is 0 Å². The van der Waals surface area contributed by atoms with Crippen LogP contribution in [0.5, 0.6) is 5.75 Å². The zero-order valence-electron chi connectivity index (χ0n) is 27.3. The molecule has 0 fully saturated rings. The fourth-order valence-corrected chi connectivity index (χ4v) is 5.34. The summed E-state index contributed by atoms with van der Waals surface area (Å²) in [6, 6.07) is 0.586. The molecule has 3 N–H and O–H groups in total. The Labute approximate surface area is 254 Å². The first-order chi connectivity index (χ1) is 19.6. The fraction of sp³-hybridized carbons (Fsp3) is 0.643. The van der Waals surface area contributed by atoms with Crippen molar-refractivity contribution >= 4 is 34.1 Å². The van der Waals surface area contributed by atoms with E-state index in [-0.39, 0.29) is 30.2 Å². The average Bonchev–Trinajstić information content (AvgIpc) is 2.84. The number of guanidine groups is 1. The van der Waals surface area contributed by atoms with Gasteiger partial charge in [0.25, 0.3) is 15.9 Å². The SMILES string of the molecule is COc1cc(C)c(S(=O)(=O)NC(=NCCC[C@H](NC(=O)OC(C)(C)C)C(=O)N(C)OC)NC(=O)OC(C)(C)C)c(C)c1C. The van der Waals surface area contributed by atoms with Crippen molar-refractivity contribution in [3.8, 4) is 5.75 Å². The number of alkyl carbamates (subject to hydrolysis) is 2. The summed E-state index contributed by atoms with van der Waals surface area (Å²) in [6.07, 6.45) is -1.42. The van der Waals surface area contributed by atoms with Gasteiger partial charge in [0.05, 0.1) is 19.1 Å². The number of benzene rings is 1. The first-order valence-corrected chi connectivity index (χ1v) is 15.1. The summed E-state index contributed by atoms with van der Waals surface area (Å²) in [5.41, 5.74) is -0.101. The van der Waals surface area contributed by atoms with Crippen LogP contribution in [0.15, 0.2) is 16.0 Å². The summed E-state index contributed by atoms with van der Waals surface area (Å²) in [6.45, 7) is 15.0. The third kappa shape index (κ3) is 12.3. The van der Waals surface area contributed by atoms with Gasteiger partial charge in [-0.15, -0.1) is 0 Å². The normalized spacial score (nSPS) is 13.1. The third-order valence-corrected chi connectivity index (χ3v) is 7.44. The van der Waals surface area contributed by atoms with E-state index in [0.717, 1.165) is 5.06 Å². The Balaban J connectivity index is 3.28. The van der Waals surface area contributed by atoms with Crippen LogP contribution in [0.4, 0.5) is 9.59 Å². The zero-order chi connectivity index (χ0) is 33.3. The maximum Gasteiger partial charge on any atom is 0.414 e. The first kappa shape index (κ1) is 37.4. The second-order valence-electron chi connectivity index (χ2n) is 11.8. The number of ether oxygens (including phenoxy) is 3. The highest BCUT2D eigenvalue weighted by atomic mass is 32.2. The average molecular weight is 630 g/mol. The lowest BCUT2D eigenvalue weighted by molar-refractivity contribution is -0.171. The smallest absolute Gasteiger partial charge is 0.414 e. The molecule has 0 bridgehead atoms. The standard InChI is InChI=1S/C28H47N5O9S/c1-17-16-21(39-11)18(2)19(3)22(17)43(37,38)32-24(31-26(36)42-28(7,8)9)29-15-13-14-20(23(34)33(10)40-12)30-25(35)41-27(4,5)6/h16,20H,13-15H2,1-12H3,(H,30,35)(H2,29,31,32,36)/t20-/m0/s1. The molecule has 0 aromatic heterocycles. The molecule has 0 heterocycles. The zero-order valence-corrected chi connectivity index (χ0v) is 28.1. The minimum atomic E-state index is -4.23. The van der Waals surface area contributed by atoms with Gasteiger partial charge in [-0.1, -0.05) is 0 Å². The Kier molecular flexibility index (Phi) is 13.3. The number of carbonyl (C=O) groups is 3. The molecule has 244 valence electrons. The van der Waals surface area contributed by atoms with E-state index < -0.39 is 45.4 Å². The highest BCUT2D eigenvalue weighted by Gasteiger charge is 2.28. The topological polar surface area (TPSA) is 174 Å². The number of aliphatic imine (C=N–C) groups is 1. The molecule has 0 unspecified atom stereocenters. The predicted molar refractivity (Wildman–Crippen MR) is 161 cm³/mol.